The first-order chi connectivity index (χ1) is 14.9. The van der Waals surface area contributed by atoms with E-state index in [0.29, 0.717) is 41.0 Å². The van der Waals surface area contributed by atoms with Crippen LogP contribution < -0.4 is 5.32 Å². The van der Waals surface area contributed by atoms with Crippen molar-refractivity contribution in [3.05, 3.63) is 83.1 Å². The molecule has 4 rings (SSSR count). The molecule has 1 aliphatic rings. The van der Waals surface area contributed by atoms with Crippen LogP contribution in [0.25, 0.3) is 0 Å². The van der Waals surface area contributed by atoms with Crippen molar-refractivity contribution in [2.75, 3.05) is 18.4 Å². The summed E-state index contributed by atoms with van der Waals surface area (Å²) in [6, 6.07) is 12.7. The van der Waals surface area contributed by atoms with Gasteiger partial charge in [0.15, 0.2) is 0 Å². The first kappa shape index (κ1) is 21.3. The number of anilines is 2. The second kappa shape index (κ2) is 9.06. The minimum atomic E-state index is -0.362. The Hall–Kier alpha value is -2.93. The molecule has 4 nitrogen and oxygen atoms in total. The molecule has 0 unspecified atom stereocenters. The molecule has 0 saturated carbocycles. The maximum atomic E-state index is 13.6. The molecule has 2 aromatic carbocycles. The maximum Gasteiger partial charge on any atom is 0.257 e. The molecule has 31 heavy (non-hydrogen) atoms. The molecule has 1 fully saturated rings. The van der Waals surface area contributed by atoms with E-state index in [-0.39, 0.29) is 17.5 Å². The summed E-state index contributed by atoms with van der Waals surface area (Å²) in [4.78, 5) is 19.4. The van der Waals surface area contributed by atoms with Gasteiger partial charge >= 0.3 is 0 Å². The van der Waals surface area contributed by atoms with Gasteiger partial charge in [0.2, 0.25) is 0 Å². The highest BCUT2D eigenvalue weighted by Crippen LogP contribution is 2.32. The van der Waals surface area contributed by atoms with Crippen LogP contribution in [0.5, 0.6) is 0 Å². The van der Waals surface area contributed by atoms with Crippen LogP contribution in [0, 0.1) is 18.6 Å². The average Bonchev–Trinajstić information content (AvgIpc) is 2.77. The molecule has 0 radical (unpaired) electrons. The Morgan fingerprint density at radius 3 is 2.48 bits per heavy atom. The smallest absolute Gasteiger partial charge is 0.257 e. The SMILES string of the molecule is Cc1c(S)ncc(C(=O)N2CCC(c3ccc(F)cc3)CC2)c1Nc1cccc(F)c1. The van der Waals surface area contributed by atoms with Gasteiger partial charge in [-0.2, -0.15) is 0 Å². The monoisotopic (exact) mass is 439 g/mol. The molecule has 1 amide bonds. The highest BCUT2D eigenvalue weighted by atomic mass is 32.1. The number of nitrogens with one attached hydrogen (secondary N) is 1. The Labute approximate surface area is 185 Å². The molecule has 1 aromatic heterocycles. The van der Waals surface area contributed by atoms with E-state index in [9.17, 15) is 13.6 Å². The van der Waals surface area contributed by atoms with Crippen molar-refractivity contribution in [1.29, 1.82) is 0 Å². The number of benzene rings is 2. The van der Waals surface area contributed by atoms with Crippen LogP contribution in [0.4, 0.5) is 20.2 Å². The topological polar surface area (TPSA) is 45.2 Å². The fourth-order valence-electron chi connectivity index (χ4n) is 3.96. The third-order valence-corrected chi connectivity index (χ3v) is 6.19. The summed E-state index contributed by atoms with van der Waals surface area (Å²) in [5, 5.41) is 3.68. The molecule has 7 heteroatoms. The Morgan fingerprint density at radius 1 is 1.10 bits per heavy atom. The second-order valence-electron chi connectivity index (χ2n) is 7.75. The number of hydrogen-bond acceptors (Lipinski definition) is 4. The third-order valence-electron chi connectivity index (χ3n) is 5.74. The van der Waals surface area contributed by atoms with Gasteiger partial charge in [0, 0.05) is 30.5 Å². The normalized spacial score (nSPS) is 14.5. The number of rotatable bonds is 4. The van der Waals surface area contributed by atoms with Crippen molar-refractivity contribution >= 4 is 29.9 Å². The molecule has 0 spiro atoms. The molecule has 3 aromatic rings. The second-order valence-corrected chi connectivity index (χ2v) is 8.17. The summed E-state index contributed by atoms with van der Waals surface area (Å²) in [6.07, 6.45) is 3.13. The number of nitrogens with zero attached hydrogens (tertiary/aromatic N) is 2. The molecule has 0 atom stereocenters. The van der Waals surface area contributed by atoms with Gasteiger partial charge in [-0.15, -0.1) is 12.6 Å². The first-order valence-electron chi connectivity index (χ1n) is 10.2. The van der Waals surface area contributed by atoms with E-state index in [1.807, 2.05) is 24.0 Å². The van der Waals surface area contributed by atoms with Gasteiger partial charge in [-0.3, -0.25) is 4.79 Å². The van der Waals surface area contributed by atoms with E-state index in [4.69, 9.17) is 0 Å². The summed E-state index contributed by atoms with van der Waals surface area (Å²) in [5.74, 6) is -0.432. The van der Waals surface area contributed by atoms with Crippen LogP contribution in [0.15, 0.2) is 59.8 Å². The number of piperidine rings is 1. The largest absolute Gasteiger partial charge is 0.354 e. The first-order valence-corrected chi connectivity index (χ1v) is 10.6. The molecule has 160 valence electrons. The van der Waals surface area contributed by atoms with Crippen molar-refractivity contribution in [2.24, 2.45) is 0 Å². The van der Waals surface area contributed by atoms with Crippen molar-refractivity contribution < 1.29 is 13.6 Å². The van der Waals surface area contributed by atoms with Gasteiger partial charge in [0.25, 0.3) is 5.91 Å². The van der Waals surface area contributed by atoms with Crippen LogP contribution in [0.2, 0.25) is 0 Å². The summed E-state index contributed by atoms with van der Waals surface area (Å²) in [5.41, 5.74) is 3.38. The molecule has 1 aliphatic heterocycles. The van der Waals surface area contributed by atoms with Crippen molar-refractivity contribution in [3.8, 4) is 0 Å². The Balaban J connectivity index is 1.53. The molecule has 0 aliphatic carbocycles. The van der Waals surface area contributed by atoms with Gasteiger partial charge in [-0.25, -0.2) is 13.8 Å². The lowest BCUT2D eigenvalue weighted by atomic mass is 9.89. The molecular weight excluding hydrogens is 416 g/mol. The van der Waals surface area contributed by atoms with E-state index in [0.717, 1.165) is 24.0 Å². The summed E-state index contributed by atoms with van der Waals surface area (Å²) in [7, 11) is 0. The number of halogens is 2. The quantitative estimate of drug-likeness (QED) is 0.511. The van der Waals surface area contributed by atoms with Crippen LogP contribution in [0.3, 0.4) is 0 Å². The Bertz CT molecular complexity index is 1100. The number of carbonyl (C=O) groups excluding carboxylic acids is 1. The predicted molar refractivity (Wildman–Crippen MR) is 120 cm³/mol. The molecular formula is C24H23F2N3OS. The zero-order chi connectivity index (χ0) is 22.0. The van der Waals surface area contributed by atoms with Crippen LogP contribution in [-0.4, -0.2) is 28.9 Å². The summed E-state index contributed by atoms with van der Waals surface area (Å²) >= 11 is 4.38. The zero-order valence-electron chi connectivity index (χ0n) is 17.1. The van der Waals surface area contributed by atoms with Crippen LogP contribution in [-0.2, 0) is 0 Å². The van der Waals surface area contributed by atoms with Gasteiger partial charge in [-0.05, 0) is 61.6 Å². The van der Waals surface area contributed by atoms with E-state index in [2.05, 4.69) is 22.9 Å². The van der Waals surface area contributed by atoms with E-state index < -0.39 is 0 Å². The third kappa shape index (κ3) is 4.71. The lowest BCUT2D eigenvalue weighted by Gasteiger charge is -2.33. The van der Waals surface area contributed by atoms with Crippen LogP contribution in [0.1, 0.15) is 40.2 Å². The highest BCUT2D eigenvalue weighted by molar-refractivity contribution is 7.80. The van der Waals surface area contributed by atoms with Gasteiger partial charge < -0.3 is 10.2 Å². The van der Waals surface area contributed by atoms with E-state index >= 15 is 0 Å². The molecule has 2 heterocycles. The summed E-state index contributed by atoms with van der Waals surface area (Å²) in [6.45, 7) is 3.03. The van der Waals surface area contributed by atoms with Gasteiger partial charge in [-0.1, -0.05) is 18.2 Å². The standard InChI is InChI=1S/C24H23F2N3OS/c1-15-22(28-20-4-2-3-19(26)13-20)21(14-27-23(15)31)24(30)29-11-9-17(10-12-29)16-5-7-18(25)8-6-16/h2-8,13-14,17H,9-12H2,1H3,(H2,27,28,31). The van der Waals surface area contributed by atoms with Gasteiger partial charge in [0.1, 0.15) is 11.6 Å². The lowest BCUT2D eigenvalue weighted by molar-refractivity contribution is 0.0713. The number of aromatic nitrogens is 1. The number of likely N-dealkylation sites (tertiary alicyclic amines) is 1. The fourth-order valence-corrected chi connectivity index (χ4v) is 4.13. The number of carbonyl (C=O) groups is 1. The van der Waals surface area contributed by atoms with Crippen molar-refractivity contribution in [1.82, 2.24) is 9.88 Å². The molecule has 1 N–H and O–H groups in total. The van der Waals surface area contributed by atoms with Crippen molar-refractivity contribution in [3.63, 3.8) is 0 Å². The Kier molecular flexibility index (Phi) is 6.23. The fraction of sp³-hybridized carbons (Fsp3) is 0.250. The zero-order valence-corrected chi connectivity index (χ0v) is 18.0. The predicted octanol–water partition coefficient (Wildman–Crippen LogP) is 5.72. The number of thiol groups is 1. The lowest BCUT2D eigenvalue weighted by Crippen LogP contribution is -2.38. The number of hydrogen-bond donors (Lipinski definition) is 2. The number of pyridine rings is 1. The average molecular weight is 440 g/mol. The van der Waals surface area contributed by atoms with E-state index in [1.165, 1.54) is 30.5 Å². The highest BCUT2D eigenvalue weighted by Gasteiger charge is 2.27. The minimum Gasteiger partial charge on any atom is -0.354 e. The number of amides is 1. The summed E-state index contributed by atoms with van der Waals surface area (Å²) < 4.78 is 26.8. The maximum absolute atomic E-state index is 13.6. The van der Waals surface area contributed by atoms with Gasteiger partial charge in [0.05, 0.1) is 16.3 Å². The minimum absolute atomic E-state index is 0.125. The van der Waals surface area contributed by atoms with Crippen LogP contribution >= 0.6 is 12.6 Å². The van der Waals surface area contributed by atoms with Crippen molar-refractivity contribution in [2.45, 2.75) is 30.7 Å². The van der Waals surface area contributed by atoms with E-state index in [1.54, 1.807) is 12.1 Å². The molecule has 0 bridgehead atoms. The Morgan fingerprint density at radius 2 is 1.81 bits per heavy atom. The molecule has 1 saturated heterocycles.